The van der Waals surface area contributed by atoms with Gasteiger partial charge in [0, 0.05) is 39.3 Å². The van der Waals surface area contributed by atoms with E-state index in [4.69, 9.17) is 4.74 Å². The normalized spacial score (nSPS) is 14.5. The molecule has 5 heteroatoms. The number of hydrogen-bond donors (Lipinski definition) is 0. The topological polar surface area (TPSA) is 36.0 Å². The van der Waals surface area contributed by atoms with Gasteiger partial charge in [-0.15, -0.1) is 0 Å². The zero-order chi connectivity index (χ0) is 27.8. The first-order chi connectivity index (χ1) is 19.2. The molecule has 223 valence electrons. The quantitative estimate of drug-likeness (QED) is 0.130. The highest BCUT2D eigenvalue weighted by atomic mass is 16.6. The number of amides is 1. The van der Waals surface area contributed by atoms with E-state index < -0.39 is 0 Å². The van der Waals surface area contributed by atoms with E-state index in [9.17, 15) is 4.79 Å². The van der Waals surface area contributed by atoms with E-state index in [2.05, 4.69) is 29.8 Å². The summed E-state index contributed by atoms with van der Waals surface area (Å²) in [5.74, 6) is 0. The predicted molar refractivity (Wildman–Crippen MR) is 165 cm³/mol. The summed E-state index contributed by atoms with van der Waals surface area (Å²) in [6.45, 7) is 9.76. The Kier molecular flexibility index (Phi) is 20.0. The van der Waals surface area contributed by atoms with Crippen LogP contribution in [0.15, 0.2) is 24.3 Å². The van der Waals surface area contributed by atoms with Crippen LogP contribution in [0.3, 0.4) is 0 Å². The fraction of sp³-hybridized carbons (Fsp3) is 0.794. The average Bonchev–Trinajstić information content (AvgIpc) is 2.96. The summed E-state index contributed by atoms with van der Waals surface area (Å²) in [4.78, 5) is 19.8. The first-order valence-corrected chi connectivity index (χ1v) is 16.5. The number of carbonyl (C=O) groups is 1. The van der Waals surface area contributed by atoms with E-state index in [1.54, 1.807) is 0 Å². The van der Waals surface area contributed by atoms with Crippen LogP contribution in [0, 0.1) is 6.07 Å². The third-order valence-corrected chi connectivity index (χ3v) is 8.16. The molecule has 0 atom stereocenters. The molecule has 39 heavy (non-hydrogen) atoms. The van der Waals surface area contributed by atoms with Gasteiger partial charge in [-0.25, -0.2) is 4.79 Å². The average molecular weight is 543 g/mol. The molecule has 0 aromatic heterocycles. The smallest absolute Gasteiger partial charge is 0.410 e. The molecule has 0 saturated carbocycles. The lowest BCUT2D eigenvalue weighted by molar-refractivity contribution is 0.0915. The molecule has 1 aliphatic heterocycles. The number of hydrogen-bond acceptors (Lipinski definition) is 4. The maximum absolute atomic E-state index is 12.9. The van der Waals surface area contributed by atoms with Crippen molar-refractivity contribution in [1.29, 1.82) is 0 Å². The maximum atomic E-state index is 12.9. The van der Waals surface area contributed by atoms with Crippen LogP contribution in [0.1, 0.15) is 122 Å². The van der Waals surface area contributed by atoms with E-state index in [0.29, 0.717) is 6.61 Å². The highest BCUT2D eigenvalue weighted by molar-refractivity contribution is 5.67. The number of ether oxygens (including phenoxy) is 1. The number of piperazine rings is 1. The Hall–Kier alpha value is -1.59. The Morgan fingerprint density at radius 3 is 1.85 bits per heavy atom. The van der Waals surface area contributed by atoms with Gasteiger partial charge in [-0.3, -0.25) is 0 Å². The highest BCUT2D eigenvalue weighted by Gasteiger charge is 2.17. The lowest BCUT2D eigenvalue weighted by Gasteiger charge is -2.32. The molecule has 0 unspecified atom stereocenters. The number of nitrogens with zero attached hydrogens (tertiary/aromatic N) is 3. The summed E-state index contributed by atoms with van der Waals surface area (Å²) in [6, 6.07) is 10.9. The van der Waals surface area contributed by atoms with Crippen LogP contribution in [0.25, 0.3) is 0 Å². The monoisotopic (exact) mass is 542 g/mol. The largest absolute Gasteiger partial charge is 0.445 e. The van der Waals surface area contributed by atoms with Gasteiger partial charge in [-0.2, -0.15) is 0 Å². The van der Waals surface area contributed by atoms with Crippen LogP contribution in [-0.4, -0.2) is 73.7 Å². The minimum atomic E-state index is -0.174. The van der Waals surface area contributed by atoms with Crippen LogP contribution in [0.4, 0.5) is 4.79 Å². The van der Waals surface area contributed by atoms with Gasteiger partial charge in [0.1, 0.15) is 6.61 Å². The second-order valence-electron chi connectivity index (χ2n) is 11.7. The van der Waals surface area contributed by atoms with Gasteiger partial charge in [0.2, 0.25) is 0 Å². The van der Waals surface area contributed by atoms with E-state index in [1.807, 2.05) is 29.2 Å². The van der Waals surface area contributed by atoms with E-state index in [0.717, 1.165) is 64.2 Å². The van der Waals surface area contributed by atoms with Gasteiger partial charge in [-0.1, -0.05) is 128 Å². The van der Waals surface area contributed by atoms with Crippen molar-refractivity contribution < 1.29 is 9.53 Å². The maximum Gasteiger partial charge on any atom is 0.410 e. The molecule has 0 bridgehead atoms. The van der Waals surface area contributed by atoms with Gasteiger partial charge >= 0.3 is 6.09 Å². The third-order valence-electron chi connectivity index (χ3n) is 8.16. The summed E-state index contributed by atoms with van der Waals surface area (Å²) in [5.41, 5.74) is 0.922. The van der Waals surface area contributed by atoms with Gasteiger partial charge < -0.3 is 19.4 Å². The number of benzene rings is 1. The molecule has 2 rings (SSSR count). The molecule has 1 aliphatic rings. The number of rotatable bonds is 23. The second kappa shape index (κ2) is 23.1. The molecule has 1 aromatic carbocycles. The van der Waals surface area contributed by atoms with Gasteiger partial charge in [0.05, 0.1) is 0 Å². The van der Waals surface area contributed by atoms with Crippen LogP contribution in [0.2, 0.25) is 0 Å². The Bertz CT molecular complexity index is 691. The number of unbranched alkanes of at least 4 members (excludes halogenated alkanes) is 15. The zero-order valence-electron chi connectivity index (χ0n) is 25.6. The summed E-state index contributed by atoms with van der Waals surface area (Å²) in [7, 11) is 2.19. The standard InChI is InChI=1S/C34H60N3O2/c1-3-4-5-6-7-8-9-10-11-12-13-14-15-16-17-21-26-37(27-22-25-36-30-28-35(2)29-31-36)34(38)39-32-33-23-19-18-20-24-33/h18-20,23H,3-17,21-22,25-32H2,1-2H3. The molecule has 0 N–H and O–H groups in total. The second-order valence-corrected chi connectivity index (χ2v) is 11.7. The Labute approximate surface area is 241 Å². The van der Waals surface area contributed by atoms with Gasteiger partial charge in [0.15, 0.2) is 0 Å². The first-order valence-electron chi connectivity index (χ1n) is 16.5. The molecule has 1 radical (unpaired) electrons. The summed E-state index contributed by atoms with van der Waals surface area (Å²) < 4.78 is 5.66. The predicted octanol–water partition coefficient (Wildman–Crippen LogP) is 8.32. The van der Waals surface area contributed by atoms with Crippen molar-refractivity contribution >= 4 is 6.09 Å². The molecule has 1 fully saturated rings. The van der Waals surface area contributed by atoms with E-state index >= 15 is 0 Å². The van der Waals surface area contributed by atoms with Crippen molar-refractivity contribution in [1.82, 2.24) is 14.7 Å². The minimum Gasteiger partial charge on any atom is -0.445 e. The van der Waals surface area contributed by atoms with Crippen LogP contribution >= 0.6 is 0 Å². The van der Waals surface area contributed by atoms with Crippen LogP contribution in [-0.2, 0) is 11.3 Å². The lowest BCUT2D eigenvalue weighted by atomic mass is 10.0. The fourth-order valence-electron chi connectivity index (χ4n) is 5.45. The van der Waals surface area contributed by atoms with E-state index in [-0.39, 0.29) is 6.09 Å². The molecule has 0 aliphatic carbocycles. The summed E-state index contributed by atoms with van der Waals surface area (Å²) in [6.07, 6.45) is 22.7. The number of carbonyl (C=O) groups excluding carboxylic acids is 1. The molecule has 0 spiro atoms. The molecular weight excluding hydrogens is 482 g/mol. The number of likely N-dealkylation sites (N-methyl/N-ethyl adjacent to an activating group) is 1. The Balaban J connectivity index is 1.53. The van der Waals surface area contributed by atoms with Crippen LogP contribution < -0.4 is 0 Å². The van der Waals surface area contributed by atoms with E-state index in [1.165, 1.54) is 96.3 Å². The molecule has 1 saturated heterocycles. The van der Waals surface area contributed by atoms with Crippen molar-refractivity contribution in [3.8, 4) is 0 Å². The van der Waals surface area contributed by atoms with Crippen molar-refractivity contribution in [3.63, 3.8) is 0 Å². The Morgan fingerprint density at radius 1 is 0.769 bits per heavy atom. The third kappa shape index (κ3) is 17.7. The molecule has 1 heterocycles. The zero-order valence-corrected chi connectivity index (χ0v) is 25.6. The molecule has 1 aromatic rings. The van der Waals surface area contributed by atoms with Gasteiger partial charge in [-0.05, 0) is 38.1 Å². The Morgan fingerprint density at radius 2 is 1.31 bits per heavy atom. The van der Waals surface area contributed by atoms with Gasteiger partial charge in [0.25, 0.3) is 0 Å². The molecular formula is C34H60N3O2. The summed E-state index contributed by atoms with van der Waals surface area (Å²) in [5, 5.41) is 0. The highest BCUT2D eigenvalue weighted by Crippen LogP contribution is 2.14. The van der Waals surface area contributed by atoms with Crippen LogP contribution in [0.5, 0.6) is 0 Å². The lowest BCUT2D eigenvalue weighted by Crippen LogP contribution is -2.45. The van der Waals surface area contributed by atoms with Crippen molar-refractivity contribution in [2.75, 3.05) is 52.9 Å². The summed E-state index contributed by atoms with van der Waals surface area (Å²) >= 11 is 0. The molecule has 5 nitrogen and oxygen atoms in total. The molecule has 1 amide bonds. The van der Waals surface area contributed by atoms with Crippen molar-refractivity contribution in [2.24, 2.45) is 0 Å². The van der Waals surface area contributed by atoms with Crippen molar-refractivity contribution in [3.05, 3.63) is 35.9 Å². The minimum absolute atomic E-state index is 0.174. The van der Waals surface area contributed by atoms with Crippen molar-refractivity contribution in [2.45, 2.75) is 123 Å². The fourth-order valence-corrected chi connectivity index (χ4v) is 5.45. The first kappa shape index (κ1) is 33.6. The SMILES string of the molecule is CCCCCCCCCCCCCCCCCCN(CCCN1CCN(C)CC1)C(=O)OCc1[c]cccc1.